The number of amides is 1. The molecule has 23 heavy (non-hydrogen) atoms. The molecular weight excluding hydrogens is 336 g/mol. The molecule has 1 fully saturated rings. The second kappa shape index (κ2) is 8.81. The van der Waals surface area contributed by atoms with Crippen LogP contribution in [-0.2, 0) is 11.2 Å². The molecule has 1 aromatic heterocycles. The van der Waals surface area contributed by atoms with Gasteiger partial charge in [-0.25, -0.2) is 0 Å². The number of nitrogens with one attached hydrogen (secondary N) is 2. The Morgan fingerprint density at radius 1 is 1.26 bits per heavy atom. The van der Waals surface area contributed by atoms with Crippen LogP contribution in [0.4, 0.5) is 5.13 Å². The van der Waals surface area contributed by atoms with E-state index in [1.54, 1.807) is 0 Å². The number of halogens is 1. The number of anilines is 1. The molecule has 3 rings (SSSR count). The molecule has 2 heterocycles. The molecule has 1 amide bonds. The van der Waals surface area contributed by atoms with Crippen molar-refractivity contribution in [2.24, 2.45) is 0 Å². The Kier molecular flexibility index (Phi) is 6.76. The first-order valence-corrected chi connectivity index (χ1v) is 8.16. The van der Waals surface area contributed by atoms with E-state index in [4.69, 9.17) is 4.74 Å². The third-order valence-electron chi connectivity index (χ3n) is 3.41. The molecule has 0 atom stereocenters. The first-order chi connectivity index (χ1) is 10.8. The van der Waals surface area contributed by atoms with Gasteiger partial charge in [-0.1, -0.05) is 35.4 Å². The predicted molar refractivity (Wildman–Crippen MR) is 92.5 cm³/mol. The van der Waals surface area contributed by atoms with Gasteiger partial charge in [-0.3, -0.25) is 4.79 Å². The Bertz CT molecular complexity index is 617. The van der Waals surface area contributed by atoms with Crippen molar-refractivity contribution in [1.82, 2.24) is 15.5 Å². The monoisotopic (exact) mass is 354 g/mol. The van der Waals surface area contributed by atoms with Gasteiger partial charge in [0.15, 0.2) is 0 Å². The first-order valence-electron chi connectivity index (χ1n) is 7.34. The molecule has 0 radical (unpaired) electrons. The van der Waals surface area contributed by atoms with Crippen LogP contribution >= 0.6 is 23.7 Å². The lowest BCUT2D eigenvalue weighted by atomic mass is 10.1. The summed E-state index contributed by atoms with van der Waals surface area (Å²) in [7, 11) is 0. The average Bonchev–Trinajstić information content (AvgIpc) is 2.96. The van der Waals surface area contributed by atoms with Crippen LogP contribution in [0.5, 0.6) is 5.19 Å². The Balaban J connectivity index is 0.00000192. The number of aromatic nitrogens is 2. The van der Waals surface area contributed by atoms with Crippen LogP contribution in [0.1, 0.15) is 18.4 Å². The van der Waals surface area contributed by atoms with E-state index in [1.165, 1.54) is 11.3 Å². The van der Waals surface area contributed by atoms with Gasteiger partial charge in [0.1, 0.15) is 6.10 Å². The van der Waals surface area contributed by atoms with Crippen molar-refractivity contribution in [2.45, 2.75) is 25.4 Å². The van der Waals surface area contributed by atoms with E-state index in [2.05, 4.69) is 20.8 Å². The van der Waals surface area contributed by atoms with E-state index < -0.39 is 0 Å². The summed E-state index contributed by atoms with van der Waals surface area (Å²) in [5, 5.41) is 15.0. The molecule has 2 N–H and O–H groups in total. The lowest BCUT2D eigenvalue weighted by Crippen LogP contribution is -2.34. The number of benzene rings is 1. The molecule has 0 aliphatic carbocycles. The minimum atomic E-state index is -0.101. The third kappa shape index (κ3) is 5.46. The van der Waals surface area contributed by atoms with Gasteiger partial charge in [-0.15, -0.1) is 17.5 Å². The van der Waals surface area contributed by atoms with E-state index >= 15 is 0 Å². The molecule has 0 bridgehead atoms. The molecule has 0 spiro atoms. The molecule has 124 valence electrons. The summed E-state index contributed by atoms with van der Waals surface area (Å²) in [6.45, 7) is 1.92. The molecular formula is C15H19ClN4O2S. The Hall–Kier alpha value is -1.70. The van der Waals surface area contributed by atoms with Gasteiger partial charge in [-0.05, 0) is 42.8 Å². The van der Waals surface area contributed by atoms with Gasteiger partial charge in [-0.2, -0.15) is 0 Å². The van der Waals surface area contributed by atoms with Crippen LogP contribution in [0.15, 0.2) is 30.3 Å². The zero-order valence-corrected chi connectivity index (χ0v) is 14.2. The fourth-order valence-corrected chi connectivity index (χ4v) is 2.99. The quantitative estimate of drug-likeness (QED) is 0.861. The summed E-state index contributed by atoms with van der Waals surface area (Å²) < 4.78 is 5.79. The van der Waals surface area contributed by atoms with Crippen molar-refractivity contribution in [3.63, 3.8) is 0 Å². The second-order valence-electron chi connectivity index (χ2n) is 5.15. The summed E-state index contributed by atoms with van der Waals surface area (Å²) in [5.41, 5.74) is 0.968. The number of rotatable bonds is 5. The standard InChI is InChI=1S/C15H18N4O2S.ClH/c20-13(10-11-4-2-1-3-5-11)17-14-18-19-15(22-14)21-12-6-8-16-9-7-12;/h1-5,12,16H,6-10H2,(H,17,18,20);1H. The summed E-state index contributed by atoms with van der Waals surface area (Å²) in [6.07, 6.45) is 2.44. The Morgan fingerprint density at radius 3 is 2.74 bits per heavy atom. The van der Waals surface area contributed by atoms with Crippen LogP contribution in [0.25, 0.3) is 0 Å². The summed E-state index contributed by atoms with van der Waals surface area (Å²) in [6, 6.07) is 9.60. The molecule has 6 nitrogen and oxygen atoms in total. The van der Waals surface area contributed by atoms with E-state index in [1.807, 2.05) is 30.3 Å². The number of carbonyl (C=O) groups excluding carboxylic acids is 1. The van der Waals surface area contributed by atoms with Gasteiger partial charge < -0.3 is 15.4 Å². The fraction of sp³-hybridized carbons (Fsp3) is 0.400. The second-order valence-corrected chi connectivity index (χ2v) is 6.09. The van der Waals surface area contributed by atoms with Gasteiger partial charge >= 0.3 is 0 Å². The largest absolute Gasteiger partial charge is 0.465 e. The van der Waals surface area contributed by atoms with Crippen molar-refractivity contribution in [3.8, 4) is 5.19 Å². The molecule has 1 aliphatic rings. The van der Waals surface area contributed by atoms with Gasteiger partial charge in [0.05, 0.1) is 6.42 Å². The zero-order valence-electron chi connectivity index (χ0n) is 12.5. The summed E-state index contributed by atoms with van der Waals surface area (Å²) in [5.74, 6) is -0.101. The molecule has 1 saturated heterocycles. The minimum absolute atomic E-state index is 0. The Morgan fingerprint density at radius 2 is 2.00 bits per heavy atom. The smallest absolute Gasteiger partial charge is 0.296 e. The van der Waals surface area contributed by atoms with Gasteiger partial charge in [0.2, 0.25) is 11.0 Å². The normalized spacial score (nSPS) is 14.8. The fourth-order valence-electron chi connectivity index (χ4n) is 2.31. The third-order valence-corrected chi connectivity index (χ3v) is 4.14. The van der Waals surface area contributed by atoms with E-state index in [9.17, 15) is 4.79 Å². The van der Waals surface area contributed by atoms with Crippen molar-refractivity contribution < 1.29 is 9.53 Å². The number of piperidine rings is 1. The molecule has 2 aromatic rings. The number of ether oxygens (including phenoxy) is 1. The average molecular weight is 355 g/mol. The van der Waals surface area contributed by atoms with E-state index in [0.29, 0.717) is 16.7 Å². The van der Waals surface area contributed by atoms with Crippen molar-refractivity contribution >= 4 is 34.8 Å². The number of hydrogen-bond acceptors (Lipinski definition) is 6. The molecule has 1 aliphatic heterocycles. The minimum Gasteiger partial charge on any atom is -0.465 e. The zero-order chi connectivity index (χ0) is 15.2. The SMILES string of the molecule is Cl.O=C(Cc1ccccc1)Nc1nnc(OC2CCNCC2)s1. The number of carbonyl (C=O) groups is 1. The van der Waals surface area contributed by atoms with E-state index in [-0.39, 0.29) is 24.4 Å². The van der Waals surface area contributed by atoms with Crippen LogP contribution < -0.4 is 15.4 Å². The molecule has 1 aromatic carbocycles. The number of hydrogen-bond donors (Lipinski definition) is 2. The van der Waals surface area contributed by atoms with Crippen molar-refractivity contribution in [2.75, 3.05) is 18.4 Å². The molecule has 0 saturated carbocycles. The lowest BCUT2D eigenvalue weighted by Gasteiger charge is -2.21. The van der Waals surface area contributed by atoms with Gasteiger partial charge in [0.25, 0.3) is 5.19 Å². The highest BCUT2D eigenvalue weighted by atomic mass is 35.5. The van der Waals surface area contributed by atoms with Gasteiger partial charge in [0, 0.05) is 0 Å². The highest BCUT2D eigenvalue weighted by Gasteiger charge is 2.17. The van der Waals surface area contributed by atoms with Crippen LogP contribution in [-0.4, -0.2) is 35.3 Å². The topological polar surface area (TPSA) is 76.1 Å². The molecule has 8 heteroatoms. The number of nitrogens with zero attached hydrogens (tertiary/aromatic N) is 2. The Labute approximate surface area is 145 Å². The first kappa shape index (κ1) is 17.7. The lowest BCUT2D eigenvalue weighted by molar-refractivity contribution is -0.115. The predicted octanol–water partition coefficient (Wildman–Crippen LogP) is 2.27. The highest BCUT2D eigenvalue weighted by Crippen LogP contribution is 2.25. The summed E-state index contributed by atoms with van der Waals surface area (Å²) in [4.78, 5) is 12.0. The maximum Gasteiger partial charge on any atom is 0.296 e. The maximum atomic E-state index is 12.0. The van der Waals surface area contributed by atoms with Crippen LogP contribution in [0.2, 0.25) is 0 Å². The van der Waals surface area contributed by atoms with Crippen LogP contribution in [0, 0.1) is 0 Å². The van der Waals surface area contributed by atoms with Crippen LogP contribution in [0.3, 0.4) is 0 Å². The van der Waals surface area contributed by atoms with Crippen molar-refractivity contribution in [3.05, 3.63) is 35.9 Å². The van der Waals surface area contributed by atoms with E-state index in [0.717, 1.165) is 31.5 Å². The summed E-state index contributed by atoms with van der Waals surface area (Å²) >= 11 is 1.27. The highest BCUT2D eigenvalue weighted by molar-refractivity contribution is 7.17. The van der Waals surface area contributed by atoms with Crippen molar-refractivity contribution in [1.29, 1.82) is 0 Å². The molecule has 0 unspecified atom stereocenters. The maximum absolute atomic E-state index is 12.0.